The van der Waals surface area contributed by atoms with E-state index in [9.17, 15) is 9.35 Å². The Morgan fingerprint density at radius 3 is 2.47 bits per heavy atom. The fourth-order valence-corrected chi connectivity index (χ4v) is 6.69. The van der Waals surface area contributed by atoms with Crippen LogP contribution in [0, 0.1) is 5.92 Å². The number of hydrogen-bond acceptors (Lipinski definition) is 7. The molecular weight excluding hydrogens is 562 g/mol. The van der Waals surface area contributed by atoms with Crippen LogP contribution in [-0.2, 0) is 27.4 Å². The third-order valence-electron chi connectivity index (χ3n) is 8.17. The molecule has 4 atom stereocenters. The van der Waals surface area contributed by atoms with Crippen molar-refractivity contribution in [1.82, 2.24) is 14.9 Å². The van der Waals surface area contributed by atoms with Crippen LogP contribution < -0.4 is 19.5 Å². The average Bonchev–Trinajstić information content (AvgIpc) is 3.87. The predicted octanol–water partition coefficient (Wildman–Crippen LogP) is 4.87. The lowest BCUT2D eigenvalue weighted by atomic mass is 9.77. The van der Waals surface area contributed by atoms with Crippen LogP contribution in [0.5, 0.6) is 11.5 Å². The summed E-state index contributed by atoms with van der Waals surface area (Å²) < 4.78 is 30.4. The number of nitrogens with one attached hydrogen (secondary N) is 2. The molecule has 2 aliphatic rings. The number of piperidine rings is 1. The molecule has 0 aromatic heterocycles. The van der Waals surface area contributed by atoms with Crippen molar-refractivity contribution in [3.8, 4) is 22.6 Å². The molecule has 3 aromatic carbocycles. The van der Waals surface area contributed by atoms with Crippen molar-refractivity contribution in [3.63, 3.8) is 0 Å². The quantitative estimate of drug-likeness (QED) is 0.178. The zero-order chi connectivity index (χ0) is 30.2. The number of benzene rings is 3. The number of rotatable bonds is 14. The summed E-state index contributed by atoms with van der Waals surface area (Å²) in [4.78, 5) is 16.6. The molecule has 1 unspecified atom stereocenters. The Labute approximate surface area is 258 Å². The first kappa shape index (κ1) is 31.3. The Bertz CT molecular complexity index is 1340. The first-order valence-corrected chi connectivity index (χ1v) is 16.6. The molecule has 0 spiro atoms. The van der Waals surface area contributed by atoms with Gasteiger partial charge < -0.3 is 24.4 Å². The molecule has 0 radical (unpaired) electrons. The number of carbonyl (C=O) groups excluding carboxylic acids is 1. The normalized spacial score (nSPS) is 20.8. The summed E-state index contributed by atoms with van der Waals surface area (Å²) in [6.45, 7) is 2.91. The molecule has 2 fully saturated rings. The van der Waals surface area contributed by atoms with Gasteiger partial charge in [-0.15, -0.1) is 4.72 Å². The molecule has 1 aliphatic carbocycles. The Hall–Kier alpha value is -3.08. The van der Waals surface area contributed by atoms with Crippen LogP contribution in [0.2, 0.25) is 0 Å². The Morgan fingerprint density at radius 2 is 1.74 bits per heavy atom. The monoisotopic (exact) mass is 606 g/mol. The molecule has 0 bridgehead atoms. The van der Waals surface area contributed by atoms with Crippen LogP contribution in [0.4, 0.5) is 0 Å². The third-order valence-corrected chi connectivity index (χ3v) is 8.82. The minimum Gasteiger partial charge on any atom is -0.497 e. The molecule has 1 aliphatic heterocycles. The Morgan fingerprint density at radius 1 is 0.977 bits per heavy atom. The predicted molar refractivity (Wildman–Crippen MR) is 172 cm³/mol. The van der Waals surface area contributed by atoms with E-state index in [1.807, 2.05) is 36.4 Å². The van der Waals surface area contributed by atoms with Gasteiger partial charge in [-0.25, -0.2) is 0 Å². The summed E-state index contributed by atoms with van der Waals surface area (Å²) in [6.07, 6.45) is 4.55. The molecule has 43 heavy (non-hydrogen) atoms. The lowest BCUT2D eigenvalue weighted by Crippen LogP contribution is -2.57. The van der Waals surface area contributed by atoms with E-state index in [0.29, 0.717) is 38.6 Å². The number of carbonyl (C=O) groups is 1. The molecule has 3 N–H and O–H groups in total. The molecule has 5 rings (SSSR count). The second-order valence-corrected chi connectivity index (χ2v) is 12.6. The fraction of sp³-hybridized carbons (Fsp3) is 0.441. The van der Waals surface area contributed by atoms with Crippen molar-refractivity contribution in [2.24, 2.45) is 5.92 Å². The van der Waals surface area contributed by atoms with E-state index in [-0.39, 0.29) is 29.8 Å². The minimum atomic E-state index is -0.977. The van der Waals surface area contributed by atoms with Gasteiger partial charge in [0.1, 0.15) is 11.5 Å². The highest BCUT2D eigenvalue weighted by Crippen LogP contribution is 2.38. The standard InChI is InChI=1S/C34H44N3O5S/c1-40-15-8-16-42-30-18-24(17-29(20-30)41-2)23-37(28-13-14-28)34(38)31-21-35-22-32(36-43(3)39)33(31)27-12-7-11-26(19-27)25-9-5-4-6-10-25/h4-7,9-12,17-20,28,31-33,35-36,39H,8,13-16,21-23H2,1-3H3/q+1/t31-,32+,33+,43?/m0/s1. The second-order valence-electron chi connectivity index (χ2n) is 11.4. The van der Waals surface area contributed by atoms with Gasteiger partial charge in [0, 0.05) is 57.8 Å². The van der Waals surface area contributed by atoms with Crippen LogP contribution in [0.1, 0.15) is 36.3 Å². The van der Waals surface area contributed by atoms with Crippen molar-refractivity contribution in [1.29, 1.82) is 0 Å². The Kier molecular flexibility index (Phi) is 11.0. The number of methoxy groups -OCH3 is 2. The van der Waals surface area contributed by atoms with Crippen molar-refractivity contribution < 1.29 is 23.6 Å². The van der Waals surface area contributed by atoms with E-state index in [2.05, 4.69) is 51.3 Å². The zero-order valence-electron chi connectivity index (χ0n) is 25.3. The molecular formula is C34H44N3O5S+. The van der Waals surface area contributed by atoms with Crippen LogP contribution in [-0.4, -0.2) is 74.2 Å². The largest absolute Gasteiger partial charge is 0.497 e. The smallest absolute Gasteiger partial charge is 0.231 e. The van der Waals surface area contributed by atoms with Gasteiger partial charge in [0.2, 0.25) is 17.3 Å². The van der Waals surface area contributed by atoms with Crippen molar-refractivity contribution in [3.05, 3.63) is 83.9 Å². The van der Waals surface area contributed by atoms with Gasteiger partial charge in [0.05, 0.1) is 25.7 Å². The van der Waals surface area contributed by atoms with Gasteiger partial charge >= 0.3 is 0 Å². The highest BCUT2D eigenvalue weighted by Gasteiger charge is 2.45. The summed E-state index contributed by atoms with van der Waals surface area (Å²) >= 11 is -0.977. The topological polar surface area (TPSA) is 92.3 Å². The fourth-order valence-electron chi connectivity index (χ4n) is 6.02. The summed E-state index contributed by atoms with van der Waals surface area (Å²) in [5.41, 5.74) is 4.34. The average molecular weight is 607 g/mol. The van der Waals surface area contributed by atoms with Gasteiger partial charge in [-0.2, -0.15) is 4.55 Å². The molecule has 230 valence electrons. The Balaban J connectivity index is 1.43. The lowest BCUT2D eigenvalue weighted by Gasteiger charge is -2.39. The van der Waals surface area contributed by atoms with Gasteiger partial charge in [-0.1, -0.05) is 54.6 Å². The maximum atomic E-state index is 14.6. The third kappa shape index (κ3) is 8.31. The van der Waals surface area contributed by atoms with Gasteiger partial charge in [0.25, 0.3) is 0 Å². The van der Waals surface area contributed by atoms with E-state index in [1.54, 1.807) is 20.5 Å². The highest BCUT2D eigenvalue weighted by molar-refractivity contribution is 7.88. The summed E-state index contributed by atoms with van der Waals surface area (Å²) in [7, 11) is 3.33. The number of hydrogen-bond donors (Lipinski definition) is 3. The molecule has 8 nitrogen and oxygen atoms in total. The second kappa shape index (κ2) is 15.1. The van der Waals surface area contributed by atoms with E-state index in [1.165, 1.54) is 0 Å². The van der Waals surface area contributed by atoms with Crippen molar-refractivity contribution >= 4 is 17.3 Å². The van der Waals surface area contributed by atoms with Crippen LogP contribution >= 0.6 is 0 Å². The molecule has 9 heteroatoms. The molecule has 1 amide bonds. The van der Waals surface area contributed by atoms with Gasteiger partial charge in [0.15, 0.2) is 6.26 Å². The maximum Gasteiger partial charge on any atom is 0.231 e. The minimum absolute atomic E-state index is 0.1000. The summed E-state index contributed by atoms with van der Waals surface area (Å²) in [6, 6.07) is 24.8. The number of nitrogens with zero attached hydrogens (tertiary/aromatic N) is 1. The first-order chi connectivity index (χ1) is 21.0. The lowest BCUT2D eigenvalue weighted by molar-refractivity contribution is -0.138. The maximum absolute atomic E-state index is 14.6. The summed E-state index contributed by atoms with van der Waals surface area (Å²) in [5, 5.41) is 3.49. The molecule has 3 aromatic rings. The van der Waals surface area contributed by atoms with Gasteiger partial charge in [-0.3, -0.25) is 4.79 Å². The highest BCUT2D eigenvalue weighted by atomic mass is 32.2. The number of ether oxygens (including phenoxy) is 3. The van der Waals surface area contributed by atoms with Crippen LogP contribution in [0.25, 0.3) is 11.1 Å². The molecule has 1 heterocycles. The van der Waals surface area contributed by atoms with Gasteiger partial charge in [-0.05, 0) is 47.2 Å². The van der Waals surface area contributed by atoms with Crippen molar-refractivity contribution in [2.45, 2.75) is 43.8 Å². The van der Waals surface area contributed by atoms with Crippen molar-refractivity contribution in [2.75, 3.05) is 46.8 Å². The number of amides is 1. The van der Waals surface area contributed by atoms with E-state index in [0.717, 1.165) is 47.3 Å². The summed E-state index contributed by atoms with van der Waals surface area (Å²) in [5.74, 6) is 1.17. The van der Waals surface area contributed by atoms with Crippen LogP contribution in [0.15, 0.2) is 72.8 Å². The molecule has 1 saturated heterocycles. The van der Waals surface area contributed by atoms with E-state index in [4.69, 9.17) is 14.2 Å². The van der Waals surface area contributed by atoms with E-state index < -0.39 is 11.4 Å². The zero-order valence-corrected chi connectivity index (χ0v) is 26.1. The van der Waals surface area contributed by atoms with Crippen LogP contribution in [0.3, 0.4) is 0 Å². The van der Waals surface area contributed by atoms with E-state index >= 15 is 0 Å². The molecule has 1 saturated carbocycles. The SMILES string of the molecule is COCCCOc1cc(CN(C(=O)[C@H]2CNC[C@@H](N[S+](C)O)[C@@H]2c2cccc(-c3ccccc3)c2)C2CC2)cc(OC)c1. The first-order valence-electron chi connectivity index (χ1n) is 15.0.